The first-order valence-corrected chi connectivity index (χ1v) is 11.3. The van der Waals surface area contributed by atoms with Gasteiger partial charge >= 0.3 is 0 Å². The van der Waals surface area contributed by atoms with Crippen molar-refractivity contribution in [2.45, 2.75) is 52.1 Å². The van der Waals surface area contributed by atoms with Gasteiger partial charge in [-0.2, -0.15) is 0 Å². The lowest BCUT2D eigenvalue weighted by atomic mass is 9.96. The van der Waals surface area contributed by atoms with Crippen molar-refractivity contribution in [1.29, 1.82) is 0 Å². The van der Waals surface area contributed by atoms with Crippen molar-refractivity contribution in [3.63, 3.8) is 0 Å². The van der Waals surface area contributed by atoms with Gasteiger partial charge in [-0.3, -0.25) is 9.80 Å². The minimum Gasteiger partial charge on any atom is -0.356 e. The molecule has 4 rings (SSSR count). The van der Waals surface area contributed by atoms with Crippen LogP contribution in [0.4, 0.5) is 5.82 Å². The highest BCUT2D eigenvalue weighted by atomic mass is 15.3. The molecule has 3 aliphatic heterocycles. The van der Waals surface area contributed by atoms with Crippen LogP contribution in [0.25, 0.3) is 0 Å². The molecule has 3 aliphatic rings. The Morgan fingerprint density at radius 3 is 2.21 bits per heavy atom. The molecule has 5 heteroatoms. The Kier molecular flexibility index (Phi) is 5.96. The summed E-state index contributed by atoms with van der Waals surface area (Å²) in [5.41, 5.74) is 1.57. The number of pyridine rings is 1. The topological polar surface area (TPSA) is 25.9 Å². The van der Waals surface area contributed by atoms with Gasteiger partial charge in [-0.1, -0.05) is 6.07 Å². The zero-order valence-electron chi connectivity index (χ0n) is 18.4. The minimum absolute atomic E-state index is 0.328. The van der Waals surface area contributed by atoms with E-state index >= 15 is 0 Å². The maximum atomic E-state index is 4.57. The Morgan fingerprint density at radius 2 is 1.64 bits per heavy atom. The van der Waals surface area contributed by atoms with Crippen LogP contribution in [-0.4, -0.2) is 90.2 Å². The Bertz CT molecular complexity index is 615. The number of rotatable bonds is 4. The number of piperidine rings is 1. The number of aryl methyl sites for hydroxylation is 1. The largest absolute Gasteiger partial charge is 0.356 e. The summed E-state index contributed by atoms with van der Waals surface area (Å²) in [6.07, 6.45) is 4.67. The molecule has 0 N–H and O–H groups in total. The second-order valence-electron chi connectivity index (χ2n) is 10.2. The summed E-state index contributed by atoms with van der Waals surface area (Å²) in [5, 5.41) is 0. The predicted molar refractivity (Wildman–Crippen MR) is 117 cm³/mol. The van der Waals surface area contributed by atoms with Gasteiger partial charge < -0.3 is 9.80 Å². The van der Waals surface area contributed by atoms with Crippen molar-refractivity contribution < 1.29 is 0 Å². The van der Waals surface area contributed by atoms with E-state index in [1.54, 1.807) is 0 Å². The van der Waals surface area contributed by atoms with Crippen molar-refractivity contribution >= 4 is 5.82 Å². The van der Waals surface area contributed by atoms with Crippen molar-refractivity contribution in [2.75, 3.05) is 63.8 Å². The van der Waals surface area contributed by atoms with Crippen molar-refractivity contribution in [1.82, 2.24) is 19.7 Å². The number of piperazine rings is 1. The van der Waals surface area contributed by atoms with Crippen LogP contribution < -0.4 is 4.90 Å². The second-order valence-corrected chi connectivity index (χ2v) is 10.2. The third-order valence-electron chi connectivity index (χ3n) is 7.03. The second kappa shape index (κ2) is 8.29. The van der Waals surface area contributed by atoms with Gasteiger partial charge in [0.1, 0.15) is 5.82 Å². The van der Waals surface area contributed by atoms with Crippen LogP contribution in [0, 0.1) is 12.8 Å². The van der Waals surface area contributed by atoms with Crippen molar-refractivity contribution in [2.24, 2.45) is 5.92 Å². The Morgan fingerprint density at radius 1 is 0.964 bits per heavy atom. The van der Waals surface area contributed by atoms with Crippen LogP contribution >= 0.6 is 0 Å². The SMILES string of the molecule is Cc1ccc(N2CC(CN3CCN(C4CCN(C(C)(C)C)CC4)CC3)C2)nc1. The van der Waals surface area contributed by atoms with Crippen LogP contribution in [0.1, 0.15) is 39.2 Å². The fraction of sp³-hybridized carbons (Fsp3) is 0.783. The molecule has 5 nitrogen and oxygen atoms in total. The van der Waals surface area contributed by atoms with Gasteiger partial charge in [0.2, 0.25) is 0 Å². The summed E-state index contributed by atoms with van der Waals surface area (Å²) in [7, 11) is 0. The van der Waals surface area contributed by atoms with E-state index in [1.165, 1.54) is 77.3 Å². The molecule has 0 saturated carbocycles. The zero-order valence-corrected chi connectivity index (χ0v) is 18.4. The number of anilines is 1. The van der Waals surface area contributed by atoms with E-state index in [-0.39, 0.29) is 0 Å². The van der Waals surface area contributed by atoms with Gasteiger partial charge in [-0.05, 0) is 52.2 Å². The lowest BCUT2D eigenvalue weighted by molar-refractivity contribution is 0.0285. The Hall–Kier alpha value is -1.17. The molecule has 0 bridgehead atoms. The van der Waals surface area contributed by atoms with Crippen LogP contribution in [0.3, 0.4) is 0 Å². The van der Waals surface area contributed by atoms with Gasteiger partial charge in [0.05, 0.1) is 0 Å². The Balaban J connectivity index is 1.15. The molecule has 3 fully saturated rings. The van der Waals surface area contributed by atoms with E-state index in [2.05, 4.69) is 64.4 Å². The van der Waals surface area contributed by atoms with E-state index in [0.717, 1.165) is 17.8 Å². The van der Waals surface area contributed by atoms with Crippen LogP contribution in [0.15, 0.2) is 18.3 Å². The molecule has 0 aliphatic carbocycles. The molecular weight excluding hydrogens is 346 g/mol. The number of hydrogen-bond donors (Lipinski definition) is 0. The molecule has 1 aromatic rings. The van der Waals surface area contributed by atoms with Crippen LogP contribution in [0.5, 0.6) is 0 Å². The summed E-state index contributed by atoms with van der Waals surface area (Å²) in [6, 6.07) is 5.14. The normalized spacial score (nSPS) is 24.5. The predicted octanol–water partition coefficient (Wildman–Crippen LogP) is 2.71. The monoisotopic (exact) mass is 385 g/mol. The highest BCUT2D eigenvalue weighted by molar-refractivity contribution is 5.42. The minimum atomic E-state index is 0.328. The smallest absolute Gasteiger partial charge is 0.128 e. The molecule has 4 heterocycles. The summed E-state index contributed by atoms with van der Waals surface area (Å²) >= 11 is 0. The molecule has 0 amide bonds. The van der Waals surface area contributed by atoms with Crippen LogP contribution in [-0.2, 0) is 0 Å². The number of hydrogen-bond acceptors (Lipinski definition) is 5. The summed E-state index contributed by atoms with van der Waals surface area (Å²) in [6.45, 7) is 20.3. The molecule has 0 atom stereocenters. The van der Waals surface area contributed by atoms with Crippen molar-refractivity contribution in [3.05, 3.63) is 23.9 Å². The maximum absolute atomic E-state index is 4.57. The lowest BCUT2D eigenvalue weighted by Crippen LogP contribution is -2.57. The molecule has 1 aromatic heterocycles. The van der Waals surface area contributed by atoms with E-state index < -0.39 is 0 Å². The first kappa shape index (κ1) is 20.1. The molecular formula is C23H39N5. The first-order valence-electron chi connectivity index (χ1n) is 11.3. The third-order valence-corrected chi connectivity index (χ3v) is 7.03. The van der Waals surface area contributed by atoms with Crippen molar-refractivity contribution in [3.8, 4) is 0 Å². The van der Waals surface area contributed by atoms with Gasteiger partial charge in [-0.15, -0.1) is 0 Å². The summed E-state index contributed by atoms with van der Waals surface area (Å²) in [4.78, 5) is 15.1. The third kappa shape index (κ3) is 4.69. The van der Waals surface area contributed by atoms with Gasteiger partial charge in [0, 0.05) is 82.6 Å². The quantitative estimate of drug-likeness (QED) is 0.794. The maximum Gasteiger partial charge on any atom is 0.128 e. The molecule has 156 valence electrons. The standard InChI is InChI=1S/C23H39N5/c1-19-5-6-22(24-15-19)27-17-20(18-27)16-25-11-13-26(14-12-25)21-7-9-28(10-8-21)23(2,3)4/h5-6,15,20-21H,7-14,16-18H2,1-4H3. The summed E-state index contributed by atoms with van der Waals surface area (Å²) in [5.74, 6) is 1.96. The van der Waals surface area contributed by atoms with E-state index in [1.807, 2.05) is 6.20 Å². The molecule has 0 aromatic carbocycles. The van der Waals surface area contributed by atoms with Gasteiger partial charge in [0.25, 0.3) is 0 Å². The van der Waals surface area contributed by atoms with Crippen LogP contribution in [0.2, 0.25) is 0 Å². The van der Waals surface area contributed by atoms with E-state index in [0.29, 0.717) is 5.54 Å². The number of likely N-dealkylation sites (tertiary alicyclic amines) is 1. The summed E-state index contributed by atoms with van der Waals surface area (Å²) < 4.78 is 0. The number of nitrogens with zero attached hydrogens (tertiary/aromatic N) is 5. The lowest BCUT2D eigenvalue weighted by Gasteiger charge is -2.47. The molecule has 0 unspecified atom stereocenters. The highest BCUT2D eigenvalue weighted by Gasteiger charge is 2.33. The van der Waals surface area contributed by atoms with E-state index in [4.69, 9.17) is 0 Å². The molecule has 0 radical (unpaired) electrons. The molecule has 0 spiro atoms. The average Bonchev–Trinajstić information content (AvgIpc) is 2.65. The van der Waals surface area contributed by atoms with E-state index in [9.17, 15) is 0 Å². The van der Waals surface area contributed by atoms with Gasteiger partial charge in [0.15, 0.2) is 0 Å². The molecule has 28 heavy (non-hydrogen) atoms. The molecule has 3 saturated heterocycles. The highest BCUT2D eigenvalue weighted by Crippen LogP contribution is 2.26. The fourth-order valence-corrected chi connectivity index (χ4v) is 5.10. The first-order chi connectivity index (χ1) is 13.4. The fourth-order valence-electron chi connectivity index (χ4n) is 5.10. The van der Waals surface area contributed by atoms with Gasteiger partial charge in [-0.25, -0.2) is 4.98 Å². The average molecular weight is 386 g/mol. The zero-order chi connectivity index (χ0) is 19.7. The Labute approximate surface area is 171 Å². The number of aromatic nitrogens is 1.